The summed E-state index contributed by atoms with van der Waals surface area (Å²) in [5.41, 5.74) is 0.526. The van der Waals surface area contributed by atoms with Crippen molar-refractivity contribution in [3.05, 3.63) is 75.6 Å². The van der Waals surface area contributed by atoms with E-state index >= 15 is 0 Å². The van der Waals surface area contributed by atoms with Crippen LogP contribution in [0.4, 0.5) is 15.8 Å². The zero-order valence-corrected chi connectivity index (χ0v) is 16.4. The fourth-order valence-corrected chi connectivity index (χ4v) is 2.84. The van der Waals surface area contributed by atoms with E-state index in [1.165, 1.54) is 30.5 Å². The Morgan fingerprint density at radius 1 is 1.04 bits per heavy atom. The van der Waals surface area contributed by atoms with Crippen molar-refractivity contribution < 1.29 is 13.9 Å². The number of carbonyl (C=O) groups is 1. The summed E-state index contributed by atoms with van der Waals surface area (Å²) in [5, 5.41) is 6.33. The lowest BCUT2D eigenvalue weighted by atomic mass is 10.3. The van der Waals surface area contributed by atoms with Crippen molar-refractivity contribution >= 4 is 52.1 Å². The molecule has 0 spiro atoms. The SMILES string of the molecule is O=C(CNc1ccccc1Oc1ncc(Cl)cc1Cl)Nc1cc(Cl)ccc1F. The van der Waals surface area contributed by atoms with Crippen molar-refractivity contribution in [1.29, 1.82) is 0 Å². The molecule has 144 valence electrons. The van der Waals surface area contributed by atoms with Gasteiger partial charge in [-0.05, 0) is 36.4 Å². The van der Waals surface area contributed by atoms with E-state index in [4.69, 9.17) is 39.5 Å². The van der Waals surface area contributed by atoms with Crippen LogP contribution in [-0.2, 0) is 4.79 Å². The Morgan fingerprint density at radius 3 is 2.61 bits per heavy atom. The summed E-state index contributed by atoms with van der Waals surface area (Å²) in [6.45, 7) is -0.131. The number of rotatable bonds is 6. The molecule has 1 aromatic heterocycles. The van der Waals surface area contributed by atoms with Gasteiger partial charge >= 0.3 is 0 Å². The largest absolute Gasteiger partial charge is 0.435 e. The van der Waals surface area contributed by atoms with Gasteiger partial charge in [-0.15, -0.1) is 0 Å². The number of hydrogen-bond acceptors (Lipinski definition) is 4. The van der Waals surface area contributed by atoms with Crippen LogP contribution in [0.5, 0.6) is 11.6 Å². The first-order valence-electron chi connectivity index (χ1n) is 7.99. The molecular weight excluding hydrogens is 428 g/mol. The molecule has 28 heavy (non-hydrogen) atoms. The predicted molar refractivity (Wildman–Crippen MR) is 109 cm³/mol. The van der Waals surface area contributed by atoms with Gasteiger partial charge < -0.3 is 15.4 Å². The van der Waals surface area contributed by atoms with Crippen LogP contribution in [0, 0.1) is 5.82 Å². The zero-order chi connectivity index (χ0) is 20.1. The molecule has 2 N–H and O–H groups in total. The molecule has 0 aliphatic carbocycles. The van der Waals surface area contributed by atoms with E-state index < -0.39 is 11.7 Å². The molecule has 0 aliphatic rings. The molecule has 0 aliphatic heterocycles. The van der Waals surface area contributed by atoms with E-state index in [1.54, 1.807) is 24.3 Å². The molecule has 0 fully saturated rings. The van der Waals surface area contributed by atoms with E-state index in [-0.39, 0.29) is 23.1 Å². The second-order valence-electron chi connectivity index (χ2n) is 5.56. The first kappa shape index (κ1) is 20.2. The Bertz CT molecular complexity index is 1020. The highest BCUT2D eigenvalue weighted by atomic mass is 35.5. The van der Waals surface area contributed by atoms with Crippen molar-refractivity contribution in [3.8, 4) is 11.6 Å². The number of nitrogens with zero attached hydrogens (tertiary/aromatic N) is 1. The van der Waals surface area contributed by atoms with E-state index in [0.29, 0.717) is 21.5 Å². The highest BCUT2D eigenvalue weighted by Gasteiger charge is 2.12. The molecule has 0 saturated carbocycles. The van der Waals surface area contributed by atoms with Crippen LogP contribution < -0.4 is 15.4 Å². The predicted octanol–water partition coefficient (Wildman–Crippen LogP) is 6.02. The van der Waals surface area contributed by atoms with Crippen molar-refractivity contribution in [1.82, 2.24) is 4.98 Å². The van der Waals surface area contributed by atoms with Crippen LogP contribution in [0.25, 0.3) is 0 Å². The van der Waals surface area contributed by atoms with Gasteiger partial charge in [0.2, 0.25) is 11.8 Å². The summed E-state index contributed by atoms with van der Waals surface area (Å²) < 4.78 is 19.4. The molecular formula is C19H13Cl3FN3O2. The number of halogens is 4. The summed E-state index contributed by atoms with van der Waals surface area (Å²) in [4.78, 5) is 16.2. The third-order valence-electron chi connectivity index (χ3n) is 3.51. The van der Waals surface area contributed by atoms with E-state index in [0.717, 1.165) is 0 Å². The number of benzene rings is 2. The van der Waals surface area contributed by atoms with Crippen molar-refractivity contribution in [2.75, 3.05) is 17.2 Å². The zero-order valence-electron chi connectivity index (χ0n) is 14.2. The molecule has 0 saturated heterocycles. The highest BCUT2D eigenvalue weighted by Crippen LogP contribution is 2.33. The Labute approximate surface area is 175 Å². The van der Waals surface area contributed by atoms with Gasteiger partial charge in [-0.1, -0.05) is 46.9 Å². The second-order valence-corrected chi connectivity index (χ2v) is 6.84. The first-order valence-corrected chi connectivity index (χ1v) is 9.12. The van der Waals surface area contributed by atoms with Crippen molar-refractivity contribution in [2.24, 2.45) is 0 Å². The summed E-state index contributed by atoms with van der Waals surface area (Å²) in [5.74, 6) is -0.463. The lowest BCUT2D eigenvalue weighted by Gasteiger charge is -2.13. The number of carbonyl (C=O) groups excluding carboxylic acids is 1. The van der Waals surface area contributed by atoms with Gasteiger partial charge in [0.1, 0.15) is 10.8 Å². The van der Waals surface area contributed by atoms with Crippen LogP contribution in [0.2, 0.25) is 15.1 Å². The fourth-order valence-electron chi connectivity index (χ4n) is 2.25. The minimum absolute atomic E-state index is 0.000909. The van der Waals surface area contributed by atoms with Crippen LogP contribution in [0.1, 0.15) is 0 Å². The van der Waals surface area contributed by atoms with Gasteiger partial charge in [0.15, 0.2) is 5.75 Å². The topological polar surface area (TPSA) is 63.2 Å². The molecule has 3 aromatic rings. The maximum atomic E-state index is 13.7. The van der Waals surface area contributed by atoms with Crippen molar-refractivity contribution in [3.63, 3.8) is 0 Å². The summed E-state index contributed by atoms with van der Waals surface area (Å²) in [6, 6.07) is 12.3. The standard InChI is InChI=1S/C19H13Cl3FN3O2/c20-11-5-6-14(23)16(8-11)26-18(27)10-24-15-3-1-2-4-17(15)28-19-13(22)7-12(21)9-25-19/h1-9,24H,10H2,(H,26,27). The van der Waals surface area contributed by atoms with E-state index in [9.17, 15) is 9.18 Å². The molecule has 0 atom stereocenters. The molecule has 0 radical (unpaired) electrons. The average molecular weight is 441 g/mol. The number of ether oxygens (including phenoxy) is 1. The van der Waals surface area contributed by atoms with Crippen molar-refractivity contribution in [2.45, 2.75) is 0 Å². The first-order chi connectivity index (χ1) is 13.4. The van der Waals surface area contributed by atoms with Gasteiger partial charge in [0, 0.05) is 11.2 Å². The molecule has 1 amide bonds. The van der Waals surface area contributed by atoms with Gasteiger partial charge in [0.05, 0.1) is 22.9 Å². The van der Waals surface area contributed by atoms with E-state index in [2.05, 4.69) is 15.6 Å². The third-order valence-corrected chi connectivity index (χ3v) is 4.22. The number of amides is 1. The van der Waals surface area contributed by atoms with E-state index in [1.807, 2.05) is 0 Å². The Balaban J connectivity index is 1.68. The minimum atomic E-state index is -0.579. The number of aromatic nitrogens is 1. The molecule has 2 aromatic carbocycles. The Hall–Kier alpha value is -2.54. The smallest absolute Gasteiger partial charge is 0.243 e. The van der Waals surface area contributed by atoms with Gasteiger partial charge in [-0.3, -0.25) is 4.79 Å². The highest BCUT2D eigenvalue weighted by molar-refractivity contribution is 6.35. The maximum absolute atomic E-state index is 13.7. The van der Waals surface area contributed by atoms with Crippen LogP contribution in [0.15, 0.2) is 54.7 Å². The van der Waals surface area contributed by atoms with Crippen LogP contribution in [0.3, 0.4) is 0 Å². The molecule has 9 heteroatoms. The monoisotopic (exact) mass is 439 g/mol. The quantitative estimate of drug-likeness (QED) is 0.492. The lowest BCUT2D eigenvalue weighted by molar-refractivity contribution is -0.114. The maximum Gasteiger partial charge on any atom is 0.243 e. The number of pyridine rings is 1. The van der Waals surface area contributed by atoms with Gasteiger partial charge in [0.25, 0.3) is 0 Å². The normalized spacial score (nSPS) is 10.4. The fraction of sp³-hybridized carbons (Fsp3) is 0.0526. The van der Waals surface area contributed by atoms with Crippen LogP contribution in [-0.4, -0.2) is 17.4 Å². The summed E-state index contributed by atoms with van der Waals surface area (Å²) >= 11 is 17.7. The second kappa shape index (κ2) is 9.10. The third kappa shape index (κ3) is 5.25. The number of hydrogen-bond donors (Lipinski definition) is 2. The van der Waals surface area contributed by atoms with Gasteiger partial charge in [-0.25, -0.2) is 9.37 Å². The Morgan fingerprint density at radius 2 is 1.82 bits per heavy atom. The molecule has 5 nitrogen and oxygen atoms in total. The minimum Gasteiger partial charge on any atom is -0.435 e. The Kier molecular flexibility index (Phi) is 6.57. The number of para-hydroxylation sites is 2. The molecule has 0 unspecified atom stereocenters. The lowest BCUT2D eigenvalue weighted by Crippen LogP contribution is -2.22. The molecule has 3 rings (SSSR count). The summed E-state index contributed by atoms with van der Waals surface area (Å²) in [7, 11) is 0. The molecule has 1 heterocycles. The average Bonchev–Trinajstić information content (AvgIpc) is 2.66. The summed E-state index contributed by atoms with van der Waals surface area (Å²) in [6.07, 6.45) is 1.41. The van der Waals surface area contributed by atoms with Crippen LogP contribution >= 0.6 is 34.8 Å². The number of anilines is 2. The molecule has 0 bridgehead atoms. The number of nitrogens with one attached hydrogen (secondary N) is 2. The van der Waals surface area contributed by atoms with Gasteiger partial charge in [-0.2, -0.15) is 0 Å².